The molecule has 2 rings (SSSR count). The van der Waals surface area contributed by atoms with Gasteiger partial charge in [-0.2, -0.15) is 0 Å². The summed E-state index contributed by atoms with van der Waals surface area (Å²) < 4.78 is 19.0. The number of hydrogen-bond donors (Lipinski definition) is 0. The highest BCUT2D eigenvalue weighted by Crippen LogP contribution is 2.27. The van der Waals surface area contributed by atoms with E-state index in [1.807, 2.05) is 18.2 Å². The molecule has 0 saturated carbocycles. The molecule has 0 saturated heterocycles. The minimum absolute atomic E-state index is 0.0173. The summed E-state index contributed by atoms with van der Waals surface area (Å²) in [5, 5.41) is 0. The van der Waals surface area contributed by atoms with Crippen LogP contribution in [0.1, 0.15) is 17.3 Å². The molecule has 17 heavy (non-hydrogen) atoms. The van der Waals surface area contributed by atoms with Crippen LogP contribution in [0.2, 0.25) is 0 Å². The molecule has 2 aromatic rings. The van der Waals surface area contributed by atoms with Crippen molar-refractivity contribution in [3.8, 4) is 11.5 Å². The van der Waals surface area contributed by atoms with E-state index in [9.17, 15) is 9.18 Å². The maximum atomic E-state index is 13.5. The smallest absolute Gasteiger partial charge is 0.166 e. The summed E-state index contributed by atoms with van der Waals surface area (Å²) in [6.45, 7) is 1.32. The first-order valence-electron chi connectivity index (χ1n) is 5.21. The summed E-state index contributed by atoms with van der Waals surface area (Å²) in [7, 11) is 0. The van der Waals surface area contributed by atoms with Gasteiger partial charge in [-0.25, -0.2) is 4.39 Å². The Morgan fingerprint density at radius 3 is 2.41 bits per heavy atom. The molecule has 0 heterocycles. The van der Waals surface area contributed by atoms with Gasteiger partial charge in [-0.3, -0.25) is 4.79 Å². The number of para-hydroxylation sites is 1. The Morgan fingerprint density at radius 1 is 1.06 bits per heavy atom. The number of hydrogen-bond acceptors (Lipinski definition) is 2. The third-order valence-corrected chi connectivity index (χ3v) is 2.30. The first-order valence-corrected chi connectivity index (χ1v) is 5.21. The van der Waals surface area contributed by atoms with Crippen molar-refractivity contribution in [2.24, 2.45) is 0 Å². The van der Waals surface area contributed by atoms with Crippen LogP contribution in [0.15, 0.2) is 48.5 Å². The first-order chi connectivity index (χ1) is 8.18. The first kappa shape index (κ1) is 11.3. The third-order valence-electron chi connectivity index (χ3n) is 2.30. The minimum atomic E-state index is -0.564. The van der Waals surface area contributed by atoms with Gasteiger partial charge in [0.15, 0.2) is 5.78 Å². The lowest BCUT2D eigenvalue weighted by molar-refractivity contribution is 0.101. The summed E-state index contributed by atoms with van der Waals surface area (Å²) in [6.07, 6.45) is 0. The van der Waals surface area contributed by atoms with Crippen LogP contribution in [0.4, 0.5) is 4.39 Å². The summed E-state index contributed by atoms with van der Waals surface area (Å²) in [6, 6.07) is 13.3. The lowest BCUT2D eigenvalue weighted by atomic mass is 10.1. The van der Waals surface area contributed by atoms with Crippen LogP contribution in [0.25, 0.3) is 0 Å². The second-order valence-electron chi connectivity index (χ2n) is 3.58. The monoisotopic (exact) mass is 230 g/mol. The predicted molar refractivity (Wildman–Crippen MR) is 62.9 cm³/mol. The van der Waals surface area contributed by atoms with Crippen molar-refractivity contribution in [1.29, 1.82) is 0 Å². The number of benzene rings is 2. The van der Waals surface area contributed by atoms with E-state index in [-0.39, 0.29) is 17.1 Å². The zero-order chi connectivity index (χ0) is 12.3. The van der Waals surface area contributed by atoms with Crippen molar-refractivity contribution in [1.82, 2.24) is 0 Å². The molecule has 86 valence electrons. The van der Waals surface area contributed by atoms with Gasteiger partial charge in [-0.05, 0) is 31.2 Å². The normalized spacial score (nSPS) is 10.0. The Kier molecular flexibility index (Phi) is 3.19. The number of Topliss-reactive ketones (excluding diaryl/α,β-unsaturated/α-hetero) is 1. The van der Waals surface area contributed by atoms with Crippen LogP contribution in [-0.2, 0) is 0 Å². The minimum Gasteiger partial charge on any atom is -0.457 e. The van der Waals surface area contributed by atoms with Crippen molar-refractivity contribution < 1.29 is 13.9 Å². The summed E-state index contributed by atoms with van der Waals surface area (Å²) in [5.74, 6) is -0.107. The molecule has 0 radical (unpaired) electrons. The van der Waals surface area contributed by atoms with E-state index < -0.39 is 5.82 Å². The summed E-state index contributed by atoms with van der Waals surface area (Å²) >= 11 is 0. The molecule has 0 unspecified atom stereocenters. The van der Waals surface area contributed by atoms with Crippen molar-refractivity contribution >= 4 is 5.78 Å². The maximum Gasteiger partial charge on any atom is 0.166 e. The van der Waals surface area contributed by atoms with E-state index >= 15 is 0 Å². The molecule has 0 spiro atoms. The summed E-state index contributed by atoms with van der Waals surface area (Å²) in [5.41, 5.74) is -0.0173. The molecular weight excluding hydrogens is 219 g/mol. The molecule has 0 atom stereocenters. The molecule has 0 aliphatic carbocycles. The highest BCUT2D eigenvalue weighted by molar-refractivity contribution is 5.97. The van der Waals surface area contributed by atoms with E-state index in [0.29, 0.717) is 5.75 Å². The van der Waals surface area contributed by atoms with E-state index in [1.54, 1.807) is 18.2 Å². The Bertz CT molecular complexity index is 535. The van der Waals surface area contributed by atoms with Crippen molar-refractivity contribution in [3.63, 3.8) is 0 Å². The maximum absolute atomic E-state index is 13.5. The van der Waals surface area contributed by atoms with Crippen LogP contribution < -0.4 is 4.74 Å². The molecule has 0 amide bonds. The van der Waals surface area contributed by atoms with Crippen molar-refractivity contribution in [2.45, 2.75) is 6.92 Å². The molecule has 2 aromatic carbocycles. The number of halogens is 1. The van der Waals surface area contributed by atoms with Crippen molar-refractivity contribution in [2.75, 3.05) is 0 Å². The van der Waals surface area contributed by atoms with Crippen LogP contribution in [-0.4, -0.2) is 5.78 Å². The molecule has 0 bridgehead atoms. The molecular formula is C14H11FO2. The van der Waals surface area contributed by atoms with E-state index in [1.165, 1.54) is 19.1 Å². The van der Waals surface area contributed by atoms with Gasteiger partial charge in [0.2, 0.25) is 0 Å². The SMILES string of the molecule is CC(=O)c1c(F)cccc1Oc1ccccc1. The second kappa shape index (κ2) is 4.78. The van der Waals surface area contributed by atoms with Crippen LogP contribution in [0.5, 0.6) is 11.5 Å². The van der Waals surface area contributed by atoms with Gasteiger partial charge in [-0.15, -0.1) is 0 Å². The number of carbonyl (C=O) groups is 1. The predicted octanol–water partition coefficient (Wildman–Crippen LogP) is 3.82. The number of ketones is 1. The molecule has 3 heteroatoms. The van der Waals surface area contributed by atoms with E-state index in [2.05, 4.69) is 0 Å². The number of carbonyl (C=O) groups excluding carboxylic acids is 1. The summed E-state index contributed by atoms with van der Waals surface area (Å²) in [4.78, 5) is 11.4. The Hall–Kier alpha value is -2.16. The van der Waals surface area contributed by atoms with Gasteiger partial charge in [0.1, 0.15) is 17.3 Å². The van der Waals surface area contributed by atoms with Crippen LogP contribution in [0.3, 0.4) is 0 Å². The topological polar surface area (TPSA) is 26.3 Å². The molecule has 0 fully saturated rings. The van der Waals surface area contributed by atoms with Crippen molar-refractivity contribution in [3.05, 3.63) is 59.9 Å². The average Bonchev–Trinajstić information content (AvgIpc) is 2.30. The fourth-order valence-corrected chi connectivity index (χ4v) is 1.55. The molecule has 0 N–H and O–H groups in total. The lowest BCUT2D eigenvalue weighted by Gasteiger charge is -2.09. The zero-order valence-electron chi connectivity index (χ0n) is 9.31. The number of rotatable bonds is 3. The molecule has 0 aliphatic rings. The zero-order valence-corrected chi connectivity index (χ0v) is 9.31. The quantitative estimate of drug-likeness (QED) is 0.749. The van der Waals surface area contributed by atoms with Gasteiger partial charge in [-0.1, -0.05) is 24.3 Å². The number of ether oxygens (including phenoxy) is 1. The van der Waals surface area contributed by atoms with Crippen LogP contribution >= 0.6 is 0 Å². The average molecular weight is 230 g/mol. The fraction of sp³-hybridized carbons (Fsp3) is 0.0714. The Morgan fingerprint density at radius 2 is 1.76 bits per heavy atom. The Labute approximate surface area is 98.7 Å². The Balaban J connectivity index is 2.40. The highest BCUT2D eigenvalue weighted by atomic mass is 19.1. The van der Waals surface area contributed by atoms with E-state index in [0.717, 1.165) is 0 Å². The third kappa shape index (κ3) is 2.50. The van der Waals surface area contributed by atoms with Gasteiger partial charge in [0.25, 0.3) is 0 Å². The van der Waals surface area contributed by atoms with Gasteiger partial charge in [0.05, 0.1) is 5.56 Å². The molecule has 0 aliphatic heterocycles. The molecule has 2 nitrogen and oxygen atoms in total. The fourth-order valence-electron chi connectivity index (χ4n) is 1.55. The van der Waals surface area contributed by atoms with Gasteiger partial charge >= 0.3 is 0 Å². The molecule has 0 aromatic heterocycles. The lowest BCUT2D eigenvalue weighted by Crippen LogP contribution is -2.00. The standard InChI is InChI=1S/C14H11FO2/c1-10(16)14-12(15)8-5-9-13(14)17-11-6-3-2-4-7-11/h2-9H,1H3. The second-order valence-corrected chi connectivity index (χ2v) is 3.58. The largest absolute Gasteiger partial charge is 0.457 e. The van der Waals surface area contributed by atoms with Crippen LogP contribution in [0, 0.1) is 5.82 Å². The van der Waals surface area contributed by atoms with E-state index in [4.69, 9.17) is 4.74 Å². The highest BCUT2D eigenvalue weighted by Gasteiger charge is 2.14. The van der Waals surface area contributed by atoms with Gasteiger partial charge < -0.3 is 4.74 Å². The van der Waals surface area contributed by atoms with Gasteiger partial charge in [0, 0.05) is 0 Å².